The molecule has 0 aliphatic carbocycles. The first-order chi connectivity index (χ1) is 12.7. The largest absolute Gasteiger partial charge is 0.459 e. The van der Waals surface area contributed by atoms with Gasteiger partial charge in [-0.2, -0.15) is 0 Å². The van der Waals surface area contributed by atoms with E-state index in [4.69, 9.17) is 4.42 Å². The van der Waals surface area contributed by atoms with E-state index in [0.717, 1.165) is 5.56 Å². The van der Waals surface area contributed by atoms with Gasteiger partial charge in [0.25, 0.3) is 5.91 Å². The van der Waals surface area contributed by atoms with Crippen molar-refractivity contribution in [1.82, 2.24) is 10.3 Å². The van der Waals surface area contributed by atoms with Gasteiger partial charge >= 0.3 is 0 Å². The van der Waals surface area contributed by atoms with Crippen LogP contribution in [-0.4, -0.2) is 29.1 Å². The zero-order valence-electron chi connectivity index (χ0n) is 14.0. The van der Waals surface area contributed by atoms with Gasteiger partial charge in [0.05, 0.1) is 12.0 Å². The van der Waals surface area contributed by atoms with Crippen LogP contribution in [0.25, 0.3) is 11.3 Å². The van der Waals surface area contributed by atoms with Crippen LogP contribution in [0.15, 0.2) is 57.5 Å². The maximum atomic E-state index is 12.3. The summed E-state index contributed by atoms with van der Waals surface area (Å²) in [5, 5.41) is 6.23. The number of aromatic nitrogens is 1. The number of benzene rings is 1. The quantitative estimate of drug-likeness (QED) is 0.601. The van der Waals surface area contributed by atoms with E-state index in [1.165, 1.54) is 29.4 Å². The molecular formula is C18H17N3O3S2. The van der Waals surface area contributed by atoms with E-state index in [9.17, 15) is 9.59 Å². The summed E-state index contributed by atoms with van der Waals surface area (Å²) in [5.41, 5.74) is 1.57. The molecule has 2 amide bonds. The number of nitrogens with zero attached hydrogens (tertiary/aromatic N) is 1. The predicted octanol–water partition coefficient (Wildman–Crippen LogP) is 3.88. The molecule has 2 heterocycles. The van der Waals surface area contributed by atoms with Crippen molar-refractivity contribution < 1.29 is 14.0 Å². The minimum atomic E-state index is -0.337. The molecule has 1 aromatic carbocycles. The van der Waals surface area contributed by atoms with Crippen molar-refractivity contribution in [2.45, 2.75) is 11.3 Å². The van der Waals surface area contributed by atoms with Gasteiger partial charge in [0.2, 0.25) is 5.91 Å². The number of carbonyl (C=O) groups excluding carboxylic acids is 2. The maximum Gasteiger partial charge on any atom is 0.292 e. The van der Waals surface area contributed by atoms with Gasteiger partial charge in [-0.3, -0.25) is 9.59 Å². The van der Waals surface area contributed by atoms with Crippen LogP contribution in [0.3, 0.4) is 0 Å². The molecular weight excluding hydrogens is 370 g/mol. The first-order valence-corrected chi connectivity index (χ1v) is 9.78. The molecule has 26 heavy (non-hydrogen) atoms. The third-order valence-electron chi connectivity index (χ3n) is 3.33. The number of nitrogens with one attached hydrogen (secondary N) is 2. The minimum Gasteiger partial charge on any atom is -0.459 e. The lowest BCUT2D eigenvalue weighted by molar-refractivity contribution is -0.118. The van der Waals surface area contributed by atoms with Crippen molar-refractivity contribution in [2.75, 3.05) is 17.6 Å². The molecule has 0 saturated heterocycles. The third kappa shape index (κ3) is 4.53. The summed E-state index contributed by atoms with van der Waals surface area (Å²) in [6.45, 7) is 2.47. The lowest BCUT2D eigenvalue weighted by Gasteiger charge is -2.03. The Balaban J connectivity index is 1.83. The Hall–Kier alpha value is -2.58. The van der Waals surface area contributed by atoms with Crippen molar-refractivity contribution in [3.05, 3.63) is 54.5 Å². The Morgan fingerprint density at radius 2 is 2.00 bits per heavy atom. The molecule has 3 rings (SSSR count). The number of amides is 2. The van der Waals surface area contributed by atoms with Gasteiger partial charge in [-0.1, -0.05) is 53.4 Å². The summed E-state index contributed by atoms with van der Waals surface area (Å²) >= 11 is 2.68. The van der Waals surface area contributed by atoms with Crippen LogP contribution >= 0.6 is 23.1 Å². The summed E-state index contributed by atoms with van der Waals surface area (Å²) < 4.78 is 5.85. The maximum absolute atomic E-state index is 12.3. The van der Waals surface area contributed by atoms with Gasteiger partial charge in [0.1, 0.15) is 10.7 Å². The fraction of sp³-hybridized carbons (Fsp3) is 0.167. The second-order valence-electron chi connectivity index (χ2n) is 5.20. The number of thiazole rings is 1. The second kappa shape index (κ2) is 8.68. The second-order valence-corrected chi connectivity index (χ2v) is 7.42. The highest BCUT2D eigenvalue weighted by Crippen LogP contribution is 2.37. The molecule has 2 N–H and O–H groups in total. The Kier molecular flexibility index (Phi) is 6.08. The lowest BCUT2D eigenvalue weighted by Crippen LogP contribution is -2.24. The van der Waals surface area contributed by atoms with Crippen LogP contribution in [0.1, 0.15) is 17.5 Å². The standard InChI is InChI=1S/C18H17N3O3S2/c1-2-19-14(22)11-25-18-20-15(12-7-4-3-5-8-12)17(26-18)21-16(23)13-9-6-10-24-13/h3-10H,2,11H2,1H3,(H,19,22)(H,21,23). The van der Waals surface area contributed by atoms with Crippen molar-refractivity contribution in [3.63, 3.8) is 0 Å². The number of rotatable bonds is 7. The van der Waals surface area contributed by atoms with Crippen molar-refractivity contribution in [2.24, 2.45) is 0 Å². The van der Waals surface area contributed by atoms with E-state index in [1.54, 1.807) is 12.1 Å². The van der Waals surface area contributed by atoms with Gasteiger partial charge in [-0.15, -0.1) is 0 Å². The SMILES string of the molecule is CCNC(=O)CSc1nc(-c2ccccc2)c(NC(=O)c2ccco2)s1. The van der Waals surface area contributed by atoms with Crippen LogP contribution in [0, 0.1) is 0 Å². The van der Waals surface area contributed by atoms with Crippen molar-refractivity contribution >= 4 is 39.9 Å². The minimum absolute atomic E-state index is 0.0462. The molecule has 0 spiro atoms. The number of thioether (sulfide) groups is 1. The van der Waals surface area contributed by atoms with E-state index in [-0.39, 0.29) is 23.3 Å². The van der Waals surface area contributed by atoms with E-state index in [0.29, 0.717) is 21.6 Å². The zero-order chi connectivity index (χ0) is 18.4. The lowest BCUT2D eigenvalue weighted by atomic mass is 10.2. The van der Waals surface area contributed by atoms with Gasteiger partial charge in [0, 0.05) is 12.1 Å². The van der Waals surface area contributed by atoms with Crippen molar-refractivity contribution in [3.8, 4) is 11.3 Å². The summed E-state index contributed by atoms with van der Waals surface area (Å²) in [6.07, 6.45) is 1.45. The third-order valence-corrected chi connectivity index (χ3v) is 5.44. The van der Waals surface area contributed by atoms with Crippen LogP contribution < -0.4 is 10.6 Å². The molecule has 0 aliphatic heterocycles. The highest BCUT2D eigenvalue weighted by molar-refractivity contribution is 8.01. The number of anilines is 1. The summed E-state index contributed by atoms with van der Waals surface area (Å²) in [4.78, 5) is 28.6. The van der Waals surface area contributed by atoms with Crippen molar-refractivity contribution in [1.29, 1.82) is 0 Å². The summed E-state index contributed by atoms with van der Waals surface area (Å²) in [7, 11) is 0. The molecule has 0 unspecified atom stereocenters. The first-order valence-electron chi connectivity index (χ1n) is 7.98. The molecule has 0 atom stereocenters. The average molecular weight is 387 g/mol. The molecule has 0 aliphatic rings. The van der Waals surface area contributed by atoms with Gasteiger partial charge in [-0.05, 0) is 19.1 Å². The van der Waals surface area contributed by atoms with Crippen LogP contribution in [0.2, 0.25) is 0 Å². The Bertz CT molecular complexity index is 876. The molecule has 0 radical (unpaired) electrons. The normalized spacial score (nSPS) is 10.5. The monoisotopic (exact) mass is 387 g/mol. The highest BCUT2D eigenvalue weighted by Gasteiger charge is 2.18. The zero-order valence-corrected chi connectivity index (χ0v) is 15.7. The molecule has 0 bridgehead atoms. The first kappa shape index (κ1) is 18.2. The number of hydrogen-bond acceptors (Lipinski definition) is 6. The number of carbonyl (C=O) groups is 2. The van der Waals surface area contributed by atoms with Crippen LogP contribution in [0.4, 0.5) is 5.00 Å². The fourth-order valence-corrected chi connectivity index (χ4v) is 4.08. The Morgan fingerprint density at radius 1 is 1.19 bits per heavy atom. The molecule has 0 saturated carbocycles. The summed E-state index contributed by atoms with van der Waals surface area (Å²) in [5.74, 6) is 0.126. The smallest absolute Gasteiger partial charge is 0.292 e. The molecule has 2 aromatic heterocycles. The van der Waals surface area contributed by atoms with Crippen LogP contribution in [-0.2, 0) is 4.79 Å². The Morgan fingerprint density at radius 3 is 2.69 bits per heavy atom. The summed E-state index contributed by atoms with van der Waals surface area (Å²) in [6, 6.07) is 12.9. The van der Waals surface area contributed by atoms with Gasteiger partial charge in [-0.25, -0.2) is 4.98 Å². The van der Waals surface area contributed by atoms with Crippen LogP contribution in [0.5, 0.6) is 0 Å². The molecule has 134 valence electrons. The molecule has 3 aromatic rings. The fourth-order valence-electron chi connectivity index (χ4n) is 2.19. The van der Waals surface area contributed by atoms with Gasteiger partial charge < -0.3 is 15.1 Å². The van der Waals surface area contributed by atoms with E-state index >= 15 is 0 Å². The topological polar surface area (TPSA) is 84.2 Å². The number of hydrogen-bond donors (Lipinski definition) is 2. The van der Waals surface area contributed by atoms with E-state index < -0.39 is 0 Å². The Labute approximate surface area is 159 Å². The van der Waals surface area contributed by atoms with E-state index in [2.05, 4.69) is 15.6 Å². The van der Waals surface area contributed by atoms with E-state index in [1.807, 2.05) is 37.3 Å². The highest BCUT2D eigenvalue weighted by atomic mass is 32.2. The number of furan rings is 1. The molecule has 0 fully saturated rings. The van der Waals surface area contributed by atoms with Gasteiger partial charge in [0.15, 0.2) is 10.1 Å². The molecule has 8 heteroatoms. The average Bonchev–Trinajstić information content (AvgIpc) is 3.31. The predicted molar refractivity (Wildman–Crippen MR) is 104 cm³/mol. The molecule has 6 nitrogen and oxygen atoms in total.